The molecular weight excluding hydrogens is 368 g/mol. The number of amides is 1. The van der Waals surface area contributed by atoms with Gasteiger partial charge >= 0.3 is 0 Å². The lowest BCUT2D eigenvalue weighted by atomic mass is 10.3. The monoisotopic (exact) mass is 380 g/mol. The topological polar surface area (TPSA) is 121 Å². The number of nitrogens with one attached hydrogen (secondary N) is 1. The molecule has 0 radical (unpaired) electrons. The molecule has 4 heterocycles. The molecule has 0 saturated heterocycles. The van der Waals surface area contributed by atoms with E-state index in [2.05, 4.69) is 35.6 Å². The number of ether oxygens (including phenoxy) is 1. The van der Waals surface area contributed by atoms with Gasteiger partial charge in [0.2, 0.25) is 0 Å². The summed E-state index contributed by atoms with van der Waals surface area (Å²) in [5.74, 6) is 0.699. The summed E-state index contributed by atoms with van der Waals surface area (Å²) in [6.45, 7) is 0. The molecule has 10 nitrogen and oxygen atoms in total. The fourth-order valence-corrected chi connectivity index (χ4v) is 2.93. The van der Waals surface area contributed by atoms with Crippen LogP contribution in [-0.2, 0) is 0 Å². The van der Waals surface area contributed by atoms with Gasteiger partial charge in [0.15, 0.2) is 16.6 Å². The highest BCUT2D eigenvalue weighted by Crippen LogP contribution is 2.25. The van der Waals surface area contributed by atoms with E-state index in [1.165, 1.54) is 28.5 Å². The predicted molar refractivity (Wildman–Crippen MR) is 96.8 cm³/mol. The van der Waals surface area contributed by atoms with Crippen molar-refractivity contribution in [1.82, 2.24) is 34.9 Å². The van der Waals surface area contributed by atoms with Crippen molar-refractivity contribution in [3.63, 3.8) is 0 Å². The third-order valence-corrected chi connectivity index (χ3v) is 4.28. The van der Waals surface area contributed by atoms with Crippen molar-refractivity contribution in [1.29, 1.82) is 0 Å². The molecule has 1 amide bonds. The van der Waals surface area contributed by atoms with Crippen LogP contribution in [0.5, 0.6) is 5.75 Å². The van der Waals surface area contributed by atoms with Crippen LogP contribution in [-0.4, -0.2) is 47.9 Å². The standard InChI is InChI=1S/C16H12N8O2S/c1-26-10-2-3-11(18-6-10)12-8-27-16(21-12)22-15(25)13-7-20-23-24(13)14-4-5-17-9-19-14/h2-9H,1H3,(H,21,22,25). The van der Waals surface area contributed by atoms with Crippen LogP contribution in [0.25, 0.3) is 17.2 Å². The molecule has 0 aliphatic heterocycles. The lowest BCUT2D eigenvalue weighted by Gasteiger charge is -2.04. The third kappa shape index (κ3) is 3.48. The number of hydrogen-bond acceptors (Lipinski definition) is 9. The molecule has 0 atom stereocenters. The minimum Gasteiger partial charge on any atom is -0.495 e. The number of nitrogens with zero attached hydrogens (tertiary/aromatic N) is 7. The van der Waals surface area contributed by atoms with E-state index in [4.69, 9.17) is 4.74 Å². The van der Waals surface area contributed by atoms with Crippen molar-refractivity contribution in [2.24, 2.45) is 0 Å². The average Bonchev–Trinajstić information content (AvgIpc) is 3.38. The number of thiazole rings is 1. The zero-order chi connectivity index (χ0) is 18.6. The van der Waals surface area contributed by atoms with Gasteiger partial charge in [-0.25, -0.2) is 15.0 Å². The van der Waals surface area contributed by atoms with Crippen LogP contribution in [0.3, 0.4) is 0 Å². The quantitative estimate of drug-likeness (QED) is 0.557. The molecule has 4 aromatic heterocycles. The number of carbonyl (C=O) groups is 1. The van der Waals surface area contributed by atoms with Gasteiger partial charge in [0, 0.05) is 17.6 Å². The molecule has 1 N–H and O–H groups in total. The smallest absolute Gasteiger partial charge is 0.277 e. The number of aromatic nitrogens is 7. The summed E-state index contributed by atoms with van der Waals surface area (Å²) in [7, 11) is 1.58. The molecule has 0 aromatic carbocycles. The van der Waals surface area contributed by atoms with Gasteiger partial charge in [-0.3, -0.25) is 15.1 Å². The van der Waals surface area contributed by atoms with E-state index in [0.29, 0.717) is 28.1 Å². The van der Waals surface area contributed by atoms with Crippen LogP contribution in [0.4, 0.5) is 5.13 Å². The maximum absolute atomic E-state index is 12.6. The summed E-state index contributed by atoms with van der Waals surface area (Å²) in [4.78, 5) is 29.2. The van der Waals surface area contributed by atoms with E-state index >= 15 is 0 Å². The molecule has 27 heavy (non-hydrogen) atoms. The summed E-state index contributed by atoms with van der Waals surface area (Å²) in [5.41, 5.74) is 1.56. The lowest BCUT2D eigenvalue weighted by molar-refractivity contribution is 0.101. The second-order valence-corrected chi connectivity index (χ2v) is 6.03. The number of carbonyl (C=O) groups excluding carboxylic acids is 1. The molecule has 0 aliphatic rings. The van der Waals surface area contributed by atoms with Gasteiger partial charge < -0.3 is 4.74 Å². The summed E-state index contributed by atoms with van der Waals surface area (Å²) in [6.07, 6.45) is 5.89. The van der Waals surface area contributed by atoms with Crippen molar-refractivity contribution in [2.75, 3.05) is 12.4 Å². The van der Waals surface area contributed by atoms with E-state index in [1.54, 1.807) is 37.7 Å². The number of rotatable bonds is 5. The Kier molecular flexibility index (Phi) is 4.49. The Labute approximate surface area is 156 Å². The Balaban J connectivity index is 1.53. The molecule has 0 fully saturated rings. The second kappa shape index (κ2) is 7.25. The van der Waals surface area contributed by atoms with E-state index < -0.39 is 5.91 Å². The first kappa shape index (κ1) is 16.7. The highest BCUT2D eigenvalue weighted by molar-refractivity contribution is 7.14. The van der Waals surface area contributed by atoms with E-state index in [9.17, 15) is 4.79 Å². The number of hydrogen-bond donors (Lipinski definition) is 1. The van der Waals surface area contributed by atoms with Crippen molar-refractivity contribution < 1.29 is 9.53 Å². The highest BCUT2D eigenvalue weighted by Gasteiger charge is 2.17. The van der Waals surface area contributed by atoms with Gasteiger partial charge in [0.05, 0.1) is 25.2 Å². The van der Waals surface area contributed by atoms with Gasteiger partial charge in [-0.05, 0) is 12.1 Å². The zero-order valence-corrected chi connectivity index (χ0v) is 14.8. The number of methoxy groups -OCH3 is 1. The van der Waals surface area contributed by atoms with Gasteiger partial charge in [0.25, 0.3) is 5.91 Å². The van der Waals surface area contributed by atoms with Crippen LogP contribution in [0.15, 0.2) is 48.5 Å². The normalized spacial score (nSPS) is 10.6. The predicted octanol–water partition coefficient (Wildman–Crippen LogP) is 1.84. The second-order valence-electron chi connectivity index (χ2n) is 5.17. The highest BCUT2D eigenvalue weighted by atomic mass is 32.1. The van der Waals surface area contributed by atoms with Crippen molar-refractivity contribution in [2.45, 2.75) is 0 Å². The Hall–Kier alpha value is -3.73. The van der Waals surface area contributed by atoms with Gasteiger partial charge in [-0.15, -0.1) is 16.4 Å². The summed E-state index contributed by atoms with van der Waals surface area (Å²) < 4.78 is 6.42. The summed E-state index contributed by atoms with van der Waals surface area (Å²) in [6, 6.07) is 5.22. The van der Waals surface area contributed by atoms with Gasteiger partial charge in [-0.1, -0.05) is 5.21 Å². The summed E-state index contributed by atoms with van der Waals surface area (Å²) in [5, 5.41) is 12.7. The van der Waals surface area contributed by atoms with E-state index in [-0.39, 0.29) is 5.69 Å². The first-order valence-corrected chi connectivity index (χ1v) is 8.57. The van der Waals surface area contributed by atoms with Crippen LogP contribution < -0.4 is 10.1 Å². The maximum atomic E-state index is 12.6. The minimum absolute atomic E-state index is 0.230. The number of anilines is 1. The molecule has 0 spiro atoms. The molecule has 11 heteroatoms. The van der Waals surface area contributed by atoms with Crippen LogP contribution in [0, 0.1) is 0 Å². The van der Waals surface area contributed by atoms with Crippen molar-refractivity contribution in [3.05, 3.63) is 54.2 Å². The van der Waals surface area contributed by atoms with Crippen LogP contribution in [0.1, 0.15) is 10.5 Å². The molecule has 0 saturated carbocycles. The van der Waals surface area contributed by atoms with Gasteiger partial charge in [-0.2, -0.15) is 4.68 Å². The Morgan fingerprint density at radius 3 is 2.85 bits per heavy atom. The van der Waals surface area contributed by atoms with Crippen molar-refractivity contribution >= 4 is 22.4 Å². The fraction of sp³-hybridized carbons (Fsp3) is 0.0625. The molecule has 134 valence electrons. The van der Waals surface area contributed by atoms with Crippen molar-refractivity contribution in [3.8, 4) is 23.0 Å². The Morgan fingerprint density at radius 1 is 1.19 bits per heavy atom. The molecular formula is C16H12N8O2S. The molecule has 0 unspecified atom stereocenters. The largest absolute Gasteiger partial charge is 0.495 e. The lowest BCUT2D eigenvalue weighted by Crippen LogP contribution is -2.17. The Morgan fingerprint density at radius 2 is 2.11 bits per heavy atom. The van der Waals surface area contributed by atoms with Crippen LogP contribution >= 0.6 is 11.3 Å². The molecule has 4 aromatic rings. The zero-order valence-electron chi connectivity index (χ0n) is 14.0. The number of pyridine rings is 1. The summed E-state index contributed by atoms with van der Waals surface area (Å²) >= 11 is 1.29. The minimum atomic E-state index is -0.401. The maximum Gasteiger partial charge on any atom is 0.277 e. The first-order chi connectivity index (χ1) is 13.2. The van der Waals surface area contributed by atoms with E-state index in [0.717, 1.165) is 0 Å². The Bertz CT molecular complexity index is 1060. The van der Waals surface area contributed by atoms with E-state index in [1.807, 2.05) is 5.38 Å². The third-order valence-electron chi connectivity index (χ3n) is 3.52. The molecule has 4 rings (SSSR count). The first-order valence-electron chi connectivity index (χ1n) is 7.69. The molecule has 0 bridgehead atoms. The SMILES string of the molecule is COc1ccc(-c2csc(NC(=O)c3cnnn3-c3ccncn3)n2)nc1. The van der Waals surface area contributed by atoms with Gasteiger partial charge in [0.1, 0.15) is 17.8 Å². The molecule has 0 aliphatic carbocycles. The van der Waals surface area contributed by atoms with Crippen LogP contribution in [0.2, 0.25) is 0 Å². The average molecular weight is 380 g/mol. The fourth-order valence-electron chi connectivity index (χ4n) is 2.23.